The third-order valence-electron chi connectivity index (χ3n) is 7.53. The Bertz CT molecular complexity index is 1350. The molecule has 4 aromatic carbocycles. The molecule has 0 aliphatic carbocycles. The smallest absolute Gasteiger partial charge is 0.251 e. The summed E-state index contributed by atoms with van der Waals surface area (Å²) in [6.45, 7) is 8.57. The molecule has 0 spiro atoms. The van der Waals surface area contributed by atoms with E-state index in [0.29, 0.717) is 48.6 Å². The van der Waals surface area contributed by atoms with Crippen LogP contribution < -0.4 is 19.5 Å². The first kappa shape index (κ1) is 30.2. The van der Waals surface area contributed by atoms with Crippen LogP contribution in [0.2, 0.25) is 0 Å². The highest BCUT2D eigenvalue weighted by atomic mass is 16.5. The minimum atomic E-state index is -0.133. The van der Waals surface area contributed by atoms with E-state index in [1.165, 1.54) is 0 Å². The second-order valence-corrected chi connectivity index (χ2v) is 11.6. The summed E-state index contributed by atoms with van der Waals surface area (Å²) >= 11 is 0. The van der Waals surface area contributed by atoms with E-state index in [-0.39, 0.29) is 11.9 Å². The van der Waals surface area contributed by atoms with Crippen molar-refractivity contribution < 1.29 is 19.0 Å². The molecule has 6 heteroatoms. The van der Waals surface area contributed by atoms with Gasteiger partial charge in [0.25, 0.3) is 5.91 Å². The Labute approximate surface area is 255 Å². The molecule has 0 bridgehead atoms. The lowest BCUT2D eigenvalue weighted by Crippen LogP contribution is -2.45. The van der Waals surface area contributed by atoms with Gasteiger partial charge in [0.2, 0.25) is 5.75 Å². The summed E-state index contributed by atoms with van der Waals surface area (Å²) in [7, 11) is 0. The average Bonchev–Trinajstić information content (AvgIpc) is 3.04. The van der Waals surface area contributed by atoms with Crippen LogP contribution in [-0.2, 0) is 19.8 Å². The first-order chi connectivity index (χ1) is 21.0. The standard InChI is InChI=1S/C37H42N2O4/c1-28(2)24-39-20-18-33(19-21-39)38-37(40)32-22-34(41-25-29-12-6-3-7-13-29)36(43-27-31-16-10-5-11-17-31)35(23-32)42-26-30-14-8-4-9-15-30/h3-17,22-23,28,33H,18-21,24-27H2,1-2H3,(H,38,40). The molecule has 0 atom stereocenters. The van der Waals surface area contributed by atoms with Crippen molar-refractivity contribution in [3.63, 3.8) is 0 Å². The fraction of sp³-hybridized carbons (Fsp3) is 0.324. The van der Waals surface area contributed by atoms with Crippen LogP contribution in [0, 0.1) is 5.92 Å². The fourth-order valence-electron chi connectivity index (χ4n) is 5.31. The highest BCUT2D eigenvalue weighted by Crippen LogP contribution is 2.40. The van der Waals surface area contributed by atoms with Crippen LogP contribution in [0.4, 0.5) is 0 Å². The van der Waals surface area contributed by atoms with Gasteiger partial charge in [-0.25, -0.2) is 0 Å². The number of benzene rings is 4. The second kappa shape index (κ2) is 15.3. The van der Waals surface area contributed by atoms with Crippen molar-refractivity contribution in [2.45, 2.75) is 52.6 Å². The lowest BCUT2D eigenvalue weighted by atomic mass is 10.0. The van der Waals surface area contributed by atoms with Gasteiger partial charge in [-0.2, -0.15) is 0 Å². The highest BCUT2D eigenvalue weighted by Gasteiger charge is 2.24. The molecule has 1 aliphatic rings. The summed E-state index contributed by atoms with van der Waals surface area (Å²) in [6.07, 6.45) is 1.87. The number of ether oxygens (including phenoxy) is 3. The summed E-state index contributed by atoms with van der Waals surface area (Å²) < 4.78 is 19.1. The number of carbonyl (C=O) groups is 1. The summed E-state index contributed by atoms with van der Waals surface area (Å²) in [6, 6.07) is 33.6. The molecular weight excluding hydrogens is 536 g/mol. The molecule has 224 valence electrons. The van der Waals surface area contributed by atoms with E-state index in [1.807, 2.05) is 91.0 Å². The minimum absolute atomic E-state index is 0.132. The van der Waals surface area contributed by atoms with Crippen LogP contribution >= 0.6 is 0 Å². The van der Waals surface area contributed by atoms with Gasteiger partial charge in [0.15, 0.2) is 11.5 Å². The van der Waals surface area contributed by atoms with Gasteiger partial charge < -0.3 is 24.4 Å². The quantitative estimate of drug-likeness (QED) is 0.181. The Morgan fingerprint density at radius 3 is 1.60 bits per heavy atom. The van der Waals surface area contributed by atoms with E-state index in [1.54, 1.807) is 12.1 Å². The zero-order valence-corrected chi connectivity index (χ0v) is 25.2. The molecule has 0 unspecified atom stereocenters. The van der Waals surface area contributed by atoms with Crippen molar-refractivity contribution in [1.29, 1.82) is 0 Å². The number of likely N-dealkylation sites (tertiary alicyclic amines) is 1. The third kappa shape index (κ3) is 9.10. The molecule has 1 aliphatic heterocycles. The molecule has 43 heavy (non-hydrogen) atoms. The lowest BCUT2D eigenvalue weighted by Gasteiger charge is -2.33. The molecule has 1 heterocycles. The van der Waals surface area contributed by atoms with E-state index in [4.69, 9.17) is 14.2 Å². The summed E-state index contributed by atoms with van der Waals surface area (Å²) in [5.41, 5.74) is 3.55. The van der Waals surface area contributed by atoms with Crippen molar-refractivity contribution >= 4 is 5.91 Å². The lowest BCUT2D eigenvalue weighted by molar-refractivity contribution is 0.0906. The van der Waals surface area contributed by atoms with Crippen LogP contribution in [0.25, 0.3) is 0 Å². The van der Waals surface area contributed by atoms with Gasteiger partial charge in [-0.05, 0) is 47.6 Å². The van der Waals surface area contributed by atoms with Crippen LogP contribution in [0.15, 0.2) is 103 Å². The maximum atomic E-state index is 13.6. The first-order valence-corrected chi connectivity index (χ1v) is 15.2. The summed E-state index contributed by atoms with van der Waals surface area (Å²) in [5, 5.41) is 3.27. The van der Waals surface area contributed by atoms with E-state index in [9.17, 15) is 4.79 Å². The number of piperidine rings is 1. The van der Waals surface area contributed by atoms with Crippen molar-refractivity contribution in [2.75, 3.05) is 19.6 Å². The monoisotopic (exact) mass is 578 g/mol. The topological polar surface area (TPSA) is 60.0 Å². The zero-order chi connectivity index (χ0) is 29.9. The van der Waals surface area contributed by atoms with Crippen molar-refractivity contribution in [3.8, 4) is 17.2 Å². The highest BCUT2D eigenvalue weighted by molar-refractivity contribution is 5.95. The van der Waals surface area contributed by atoms with Crippen LogP contribution in [0.5, 0.6) is 17.2 Å². The van der Waals surface area contributed by atoms with Gasteiger partial charge in [-0.3, -0.25) is 4.79 Å². The molecule has 0 saturated carbocycles. The minimum Gasteiger partial charge on any atom is -0.485 e. The van der Waals surface area contributed by atoms with Crippen LogP contribution in [0.1, 0.15) is 53.7 Å². The van der Waals surface area contributed by atoms with Crippen LogP contribution in [0.3, 0.4) is 0 Å². The molecule has 0 radical (unpaired) electrons. The van der Waals surface area contributed by atoms with Gasteiger partial charge in [0, 0.05) is 31.2 Å². The first-order valence-electron chi connectivity index (χ1n) is 15.2. The molecule has 1 saturated heterocycles. The predicted molar refractivity (Wildman–Crippen MR) is 171 cm³/mol. The van der Waals surface area contributed by atoms with Crippen molar-refractivity contribution in [3.05, 3.63) is 125 Å². The van der Waals surface area contributed by atoms with Gasteiger partial charge in [-0.15, -0.1) is 0 Å². The largest absolute Gasteiger partial charge is 0.485 e. The molecule has 1 N–H and O–H groups in total. The molecule has 6 nitrogen and oxygen atoms in total. The molecule has 4 aromatic rings. The number of nitrogens with zero attached hydrogens (tertiary/aromatic N) is 1. The number of amides is 1. The van der Waals surface area contributed by atoms with Gasteiger partial charge in [0.1, 0.15) is 19.8 Å². The molecule has 1 amide bonds. The Balaban J connectivity index is 1.41. The molecular formula is C37H42N2O4. The number of rotatable bonds is 13. The molecule has 5 rings (SSSR count). The van der Waals surface area contributed by atoms with Gasteiger partial charge in [0.05, 0.1) is 0 Å². The number of carbonyl (C=O) groups excluding carboxylic acids is 1. The van der Waals surface area contributed by atoms with Crippen molar-refractivity contribution in [2.24, 2.45) is 5.92 Å². The number of nitrogens with one attached hydrogen (secondary N) is 1. The average molecular weight is 579 g/mol. The summed E-state index contributed by atoms with van der Waals surface area (Å²) in [5.74, 6) is 1.93. The zero-order valence-electron chi connectivity index (χ0n) is 25.2. The molecule has 1 fully saturated rings. The fourth-order valence-corrected chi connectivity index (χ4v) is 5.31. The third-order valence-corrected chi connectivity index (χ3v) is 7.53. The van der Waals surface area contributed by atoms with Gasteiger partial charge in [-0.1, -0.05) is 105 Å². The second-order valence-electron chi connectivity index (χ2n) is 11.6. The molecule has 0 aromatic heterocycles. The van der Waals surface area contributed by atoms with E-state index in [0.717, 1.165) is 49.2 Å². The SMILES string of the molecule is CC(C)CN1CCC(NC(=O)c2cc(OCc3ccccc3)c(OCc3ccccc3)c(OCc3ccccc3)c2)CC1. The Morgan fingerprint density at radius 2 is 1.16 bits per heavy atom. The van der Waals surface area contributed by atoms with Crippen molar-refractivity contribution in [1.82, 2.24) is 10.2 Å². The maximum Gasteiger partial charge on any atom is 0.251 e. The van der Waals surface area contributed by atoms with Gasteiger partial charge >= 0.3 is 0 Å². The normalized spacial score (nSPS) is 13.9. The summed E-state index contributed by atoms with van der Waals surface area (Å²) in [4.78, 5) is 16.1. The maximum absolute atomic E-state index is 13.6. The predicted octanol–water partition coefficient (Wildman–Crippen LogP) is 7.27. The Hall–Kier alpha value is -4.29. The van der Waals surface area contributed by atoms with Crippen LogP contribution in [-0.4, -0.2) is 36.5 Å². The Kier molecular flexibility index (Phi) is 10.7. The number of hydrogen-bond acceptors (Lipinski definition) is 5. The number of hydrogen-bond donors (Lipinski definition) is 1. The van der Waals surface area contributed by atoms with E-state index in [2.05, 4.69) is 24.1 Å². The van der Waals surface area contributed by atoms with E-state index >= 15 is 0 Å². The van der Waals surface area contributed by atoms with E-state index < -0.39 is 0 Å². The Morgan fingerprint density at radius 1 is 0.721 bits per heavy atom.